The van der Waals surface area contributed by atoms with Crippen LogP contribution in [0.3, 0.4) is 0 Å². The number of anilines is 1. The molecule has 2 N–H and O–H groups in total. The number of amides is 2. The summed E-state index contributed by atoms with van der Waals surface area (Å²) >= 11 is 5.78. The molecule has 6 heteroatoms. The molecule has 0 radical (unpaired) electrons. The Balaban J connectivity index is 1.77. The number of hydrogen-bond donors (Lipinski definition) is 2. The Morgan fingerprint density at radius 3 is 2.12 bits per heavy atom. The zero-order valence-corrected chi connectivity index (χ0v) is 15.5. The fraction of sp³-hybridized carbons (Fsp3) is 0.250. The first-order chi connectivity index (χ1) is 12.4. The number of Topliss-reactive ketones (excluding diaryl/α,β-unsaturated/α-hetero) is 1. The molecule has 2 aromatic rings. The van der Waals surface area contributed by atoms with Crippen LogP contribution < -0.4 is 10.6 Å². The summed E-state index contributed by atoms with van der Waals surface area (Å²) in [6, 6.07) is 12.2. The van der Waals surface area contributed by atoms with Crippen molar-refractivity contribution in [2.75, 3.05) is 11.9 Å². The van der Waals surface area contributed by atoms with Crippen LogP contribution in [0.15, 0.2) is 42.5 Å². The Labute approximate surface area is 157 Å². The first-order valence-corrected chi connectivity index (χ1v) is 8.66. The highest BCUT2D eigenvalue weighted by molar-refractivity contribution is 6.30. The second-order valence-corrected chi connectivity index (χ2v) is 6.46. The number of hydrogen-bond acceptors (Lipinski definition) is 3. The van der Waals surface area contributed by atoms with E-state index < -0.39 is 0 Å². The Bertz CT molecular complexity index is 796. The van der Waals surface area contributed by atoms with Crippen LogP contribution in [0.1, 0.15) is 34.3 Å². The monoisotopic (exact) mass is 372 g/mol. The summed E-state index contributed by atoms with van der Waals surface area (Å²) in [5.74, 6) is -0.791. The SMILES string of the molecule is Cc1cccc(C)c1NC(=O)CNC(=O)CCC(=O)c1ccc(Cl)cc1. The molecular weight excluding hydrogens is 352 g/mol. The topological polar surface area (TPSA) is 75.3 Å². The second-order valence-electron chi connectivity index (χ2n) is 6.02. The molecule has 0 bridgehead atoms. The maximum absolute atomic E-state index is 12.0. The Morgan fingerprint density at radius 2 is 1.50 bits per heavy atom. The first-order valence-electron chi connectivity index (χ1n) is 8.28. The van der Waals surface area contributed by atoms with E-state index in [9.17, 15) is 14.4 Å². The molecule has 0 aliphatic heterocycles. The normalized spacial score (nSPS) is 10.3. The minimum atomic E-state index is -0.344. The molecule has 26 heavy (non-hydrogen) atoms. The number of aryl methyl sites for hydroxylation is 2. The van der Waals surface area contributed by atoms with Crippen LogP contribution in [0, 0.1) is 13.8 Å². The van der Waals surface area contributed by atoms with Crippen molar-refractivity contribution in [2.24, 2.45) is 0 Å². The maximum atomic E-state index is 12.0. The van der Waals surface area contributed by atoms with Crippen LogP contribution in [0.25, 0.3) is 0 Å². The molecule has 0 unspecified atom stereocenters. The van der Waals surface area contributed by atoms with Gasteiger partial charge < -0.3 is 10.6 Å². The summed E-state index contributed by atoms with van der Waals surface area (Å²) < 4.78 is 0. The second kappa shape index (κ2) is 9.15. The number of para-hydroxylation sites is 1. The van der Waals surface area contributed by atoms with Gasteiger partial charge in [0.05, 0.1) is 6.54 Å². The van der Waals surface area contributed by atoms with Crippen molar-refractivity contribution in [2.45, 2.75) is 26.7 Å². The van der Waals surface area contributed by atoms with Gasteiger partial charge in [0, 0.05) is 29.1 Å². The number of benzene rings is 2. The van der Waals surface area contributed by atoms with Gasteiger partial charge in [0.25, 0.3) is 0 Å². The molecule has 0 atom stereocenters. The Kier molecular flexibility index (Phi) is 6.92. The van der Waals surface area contributed by atoms with E-state index in [4.69, 9.17) is 11.6 Å². The lowest BCUT2D eigenvalue weighted by Crippen LogP contribution is -2.33. The van der Waals surface area contributed by atoms with Gasteiger partial charge in [-0.1, -0.05) is 29.8 Å². The number of halogens is 1. The highest BCUT2D eigenvalue weighted by Crippen LogP contribution is 2.19. The van der Waals surface area contributed by atoms with Crippen LogP contribution in [0.2, 0.25) is 5.02 Å². The zero-order chi connectivity index (χ0) is 19.1. The molecule has 0 aliphatic carbocycles. The van der Waals surface area contributed by atoms with Gasteiger partial charge in [0.15, 0.2) is 5.78 Å². The smallest absolute Gasteiger partial charge is 0.243 e. The summed E-state index contributed by atoms with van der Waals surface area (Å²) in [4.78, 5) is 35.9. The van der Waals surface area contributed by atoms with Gasteiger partial charge in [-0.2, -0.15) is 0 Å². The molecule has 136 valence electrons. The molecule has 0 aromatic heterocycles. The van der Waals surface area contributed by atoms with E-state index in [2.05, 4.69) is 10.6 Å². The van der Waals surface area contributed by atoms with Gasteiger partial charge in [-0.3, -0.25) is 14.4 Å². The van der Waals surface area contributed by atoms with E-state index in [0.29, 0.717) is 10.6 Å². The van der Waals surface area contributed by atoms with Crippen molar-refractivity contribution >= 4 is 34.9 Å². The summed E-state index contributed by atoms with van der Waals surface area (Å²) in [5, 5.41) is 5.88. The summed E-state index contributed by atoms with van der Waals surface area (Å²) in [7, 11) is 0. The fourth-order valence-corrected chi connectivity index (χ4v) is 2.60. The zero-order valence-electron chi connectivity index (χ0n) is 14.8. The number of carbonyl (C=O) groups excluding carboxylic acids is 3. The molecule has 0 aliphatic rings. The summed E-state index contributed by atoms with van der Waals surface area (Å²) in [5.41, 5.74) is 3.18. The van der Waals surface area contributed by atoms with Crippen molar-refractivity contribution < 1.29 is 14.4 Å². The Morgan fingerprint density at radius 1 is 0.885 bits per heavy atom. The van der Waals surface area contributed by atoms with E-state index >= 15 is 0 Å². The molecule has 2 rings (SSSR count). The molecule has 0 fully saturated rings. The third-order valence-corrected chi connectivity index (χ3v) is 4.19. The van der Waals surface area contributed by atoms with Crippen LogP contribution in [0.5, 0.6) is 0 Å². The standard InChI is InChI=1S/C20H21ClN2O3/c1-13-4-3-5-14(2)20(13)23-19(26)12-22-18(25)11-10-17(24)15-6-8-16(21)9-7-15/h3-9H,10-12H2,1-2H3,(H,22,25)(H,23,26). The lowest BCUT2D eigenvalue weighted by Gasteiger charge is -2.12. The minimum absolute atomic E-state index is 0.0259. The van der Waals surface area contributed by atoms with E-state index in [1.54, 1.807) is 24.3 Å². The van der Waals surface area contributed by atoms with Crippen molar-refractivity contribution in [1.29, 1.82) is 0 Å². The molecule has 0 heterocycles. The van der Waals surface area contributed by atoms with E-state index in [1.807, 2.05) is 32.0 Å². The first kappa shape index (κ1) is 19.7. The lowest BCUT2D eigenvalue weighted by atomic mass is 10.1. The van der Waals surface area contributed by atoms with E-state index in [0.717, 1.165) is 16.8 Å². The minimum Gasteiger partial charge on any atom is -0.347 e. The molecule has 0 saturated carbocycles. The average molecular weight is 373 g/mol. The van der Waals surface area contributed by atoms with Crippen molar-refractivity contribution in [3.05, 3.63) is 64.2 Å². The van der Waals surface area contributed by atoms with Gasteiger partial charge in [0.1, 0.15) is 0 Å². The number of ketones is 1. The van der Waals surface area contributed by atoms with Crippen molar-refractivity contribution in [3.63, 3.8) is 0 Å². The quantitative estimate of drug-likeness (QED) is 0.728. The third kappa shape index (κ3) is 5.70. The van der Waals surface area contributed by atoms with Crippen LogP contribution in [0.4, 0.5) is 5.69 Å². The fourth-order valence-electron chi connectivity index (χ4n) is 2.47. The van der Waals surface area contributed by atoms with Crippen molar-refractivity contribution in [3.8, 4) is 0 Å². The van der Waals surface area contributed by atoms with Gasteiger partial charge in [-0.25, -0.2) is 0 Å². The van der Waals surface area contributed by atoms with Gasteiger partial charge in [-0.15, -0.1) is 0 Å². The van der Waals surface area contributed by atoms with Crippen LogP contribution in [-0.2, 0) is 9.59 Å². The van der Waals surface area contributed by atoms with Gasteiger partial charge in [-0.05, 0) is 49.2 Å². The molecule has 5 nitrogen and oxygen atoms in total. The summed E-state index contributed by atoms with van der Waals surface area (Å²) in [6.45, 7) is 3.68. The molecule has 0 saturated heterocycles. The highest BCUT2D eigenvalue weighted by atomic mass is 35.5. The molecule has 2 amide bonds. The van der Waals surface area contributed by atoms with Crippen molar-refractivity contribution in [1.82, 2.24) is 5.32 Å². The molecular formula is C20H21ClN2O3. The van der Waals surface area contributed by atoms with E-state index in [1.165, 1.54) is 0 Å². The Hall–Kier alpha value is -2.66. The van der Waals surface area contributed by atoms with Gasteiger partial charge >= 0.3 is 0 Å². The van der Waals surface area contributed by atoms with E-state index in [-0.39, 0.29) is 37.0 Å². The number of rotatable bonds is 7. The maximum Gasteiger partial charge on any atom is 0.243 e. The third-order valence-electron chi connectivity index (χ3n) is 3.94. The predicted octanol–water partition coefficient (Wildman–Crippen LogP) is 3.67. The lowest BCUT2D eigenvalue weighted by molar-refractivity contribution is -0.124. The number of carbonyl (C=O) groups is 3. The van der Waals surface area contributed by atoms with Crippen LogP contribution in [-0.4, -0.2) is 24.1 Å². The number of nitrogens with one attached hydrogen (secondary N) is 2. The largest absolute Gasteiger partial charge is 0.347 e. The summed E-state index contributed by atoms with van der Waals surface area (Å²) in [6.07, 6.45) is 0.101. The predicted molar refractivity (Wildman–Crippen MR) is 103 cm³/mol. The average Bonchev–Trinajstić information content (AvgIpc) is 2.61. The molecule has 0 spiro atoms. The molecule has 2 aromatic carbocycles. The van der Waals surface area contributed by atoms with Gasteiger partial charge in [0.2, 0.25) is 11.8 Å². The van der Waals surface area contributed by atoms with Crippen LogP contribution >= 0.6 is 11.6 Å². The highest BCUT2D eigenvalue weighted by Gasteiger charge is 2.11.